The van der Waals surface area contributed by atoms with E-state index in [1.807, 2.05) is 18.2 Å². The lowest BCUT2D eigenvalue weighted by Crippen LogP contribution is -2.47. The Morgan fingerprint density at radius 3 is 2.33 bits per heavy atom. The highest BCUT2D eigenvalue weighted by Gasteiger charge is 2.42. The van der Waals surface area contributed by atoms with Crippen molar-refractivity contribution in [3.63, 3.8) is 0 Å². The number of benzene rings is 1. The molecule has 0 amide bonds. The first-order valence-electron chi connectivity index (χ1n) is 8.92. The van der Waals surface area contributed by atoms with Gasteiger partial charge in [0.25, 0.3) is 0 Å². The van der Waals surface area contributed by atoms with E-state index in [1.165, 1.54) is 3.57 Å². The lowest BCUT2D eigenvalue weighted by Gasteiger charge is -2.40. The molecule has 1 aromatic rings. The van der Waals surface area contributed by atoms with Crippen LogP contribution in [-0.2, 0) is 4.43 Å². The van der Waals surface area contributed by atoms with Crippen LogP contribution in [-0.4, -0.2) is 14.4 Å². The summed E-state index contributed by atoms with van der Waals surface area (Å²) in [6, 6.07) is 9.26. The maximum Gasteiger partial charge on any atom is 0.203 e. The van der Waals surface area contributed by atoms with Crippen LogP contribution in [0.3, 0.4) is 0 Å². The van der Waals surface area contributed by atoms with E-state index in [0.717, 1.165) is 24.4 Å². The third kappa shape index (κ3) is 5.75. The van der Waals surface area contributed by atoms with Gasteiger partial charge in [-0.3, -0.25) is 0 Å². The molecule has 1 rings (SSSR count). The molecule has 1 atom stereocenters. The van der Waals surface area contributed by atoms with Crippen molar-refractivity contribution in [3.05, 3.63) is 46.1 Å². The molecule has 0 N–H and O–H groups in total. The van der Waals surface area contributed by atoms with Gasteiger partial charge < -0.3 is 4.43 Å². The predicted octanol–water partition coefficient (Wildman–Crippen LogP) is 6.78. The molecule has 1 aromatic carbocycles. The van der Waals surface area contributed by atoms with Crippen LogP contribution in [0, 0.1) is 15.4 Å². The molecule has 1 unspecified atom stereocenters. The quantitative estimate of drug-likeness (QED) is 0.182. The molecule has 0 radical (unpaired) electrons. The highest BCUT2D eigenvalue weighted by Crippen LogP contribution is 2.38. The van der Waals surface area contributed by atoms with Gasteiger partial charge in [-0.2, -0.15) is 0 Å². The second kappa shape index (κ2) is 10.4. The zero-order valence-corrected chi connectivity index (χ0v) is 18.9. The summed E-state index contributed by atoms with van der Waals surface area (Å²) in [5, 5.41) is 0. The SMILES string of the molecule is C=CC[Si](OC(C#Cc1ccccc1I)CCC)(C(C)C)C(C)C. The second-order valence-corrected chi connectivity index (χ2v) is 12.9. The Bertz CT molecular complexity index is 575. The van der Waals surface area contributed by atoms with Crippen LogP contribution >= 0.6 is 22.6 Å². The smallest absolute Gasteiger partial charge is 0.203 e. The van der Waals surface area contributed by atoms with Crippen LogP contribution in [0.4, 0.5) is 0 Å². The summed E-state index contributed by atoms with van der Waals surface area (Å²) in [7, 11) is -1.92. The molecule has 1 nitrogen and oxygen atoms in total. The monoisotopic (exact) mass is 454 g/mol. The zero-order chi connectivity index (χ0) is 18.2. The fourth-order valence-corrected chi connectivity index (χ4v) is 7.69. The number of allylic oxidation sites excluding steroid dienone is 1. The van der Waals surface area contributed by atoms with Gasteiger partial charge in [-0.25, -0.2) is 0 Å². The summed E-state index contributed by atoms with van der Waals surface area (Å²) in [6.07, 6.45) is 4.13. The van der Waals surface area contributed by atoms with Gasteiger partial charge in [0.2, 0.25) is 8.32 Å². The first-order chi connectivity index (χ1) is 11.4. The van der Waals surface area contributed by atoms with Crippen molar-refractivity contribution < 1.29 is 4.43 Å². The molecule has 3 heteroatoms. The number of halogens is 1. The van der Waals surface area contributed by atoms with E-state index in [-0.39, 0.29) is 6.10 Å². The summed E-state index contributed by atoms with van der Waals surface area (Å²) in [4.78, 5) is 0. The topological polar surface area (TPSA) is 9.23 Å². The minimum atomic E-state index is -1.92. The van der Waals surface area contributed by atoms with Crippen LogP contribution in [0.25, 0.3) is 0 Å². The van der Waals surface area contributed by atoms with E-state index in [4.69, 9.17) is 4.43 Å². The molecule has 132 valence electrons. The molecule has 0 fully saturated rings. The number of hydrogen-bond donors (Lipinski definition) is 0. The lowest BCUT2D eigenvalue weighted by molar-refractivity contribution is 0.221. The second-order valence-electron chi connectivity index (χ2n) is 6.90. The number of rotatable bonds is 8. The highest BCUT2D eigenvalue weighted by molar-refractivity contribution is 14.1. The minimum Gasteiger partial charge on any atom is -0.402 e. The van der Waals surface area contributed by atoms with Gasteiger partial charge in [0.05, 0.1) is 0 Å². The molecule has 24 heavy (non-hydrogen) atoms. The summed E-state index contributed by atoms with van der Waals surface area (Å²) in [5.41, 5.74) is 2.19. The van der Waals surface area contributed by atoms with E-state index >= 15 is 0 Å². The standard InChI is InChI=1S/C21H31IOSi/c1-7-11-20(15-14-19-12-9-10-13-21(19)22)23-24(16-8-2,17(3)4)18(5)6/h8-10,12-13,17-18,20H,2,7,11,16H2,1,3-6H3. The van der Waals surface area contributed by atoms with Crippen molar-refractivity contribution in [2.24, 2.45) is 0 Å². The molecule has 0 saturated heterocycles. The van der Waals surface area contributed by atoms with Gasteiger partial charge in [-0.15, -0.1) is 6.58 Å². The summed E-state index contributed by atoms with van der Waals surface area (Å²) in [5.74, 6) is 6.78. The first kappa shape index (κ1) is 21.5. The van der Waals surface area contributed by atoms with Gasteiger partial charge in [0.1, 0.15) is 6.10 Å². The van der Waals surface area contributed by atoms with Gasteiger partial charge in [-0.1, -0.05) is 71.1 Å². The van der Waals surface area contributed by atoms with Crippen LogP contribution in [0.1, 0.15) is 53.0 Å². The van der Waals surface area contributed by atoms with Crippen molar-refractivity contribution in [1.82, 2.24) is 0 Å². The Hall–Kier alpha value is -0.573. The maximum absolute atomic E-state index is 6.80. The van der Waals surface area contributed by atoms with Crippen molar-refractivity contribution in [3.8, 4) is 11.8 Å². The Morgan fingerprint density at radius 1 is 1.21 bits per heavy atom. The van der Waals surface area contributed by atoms with E-state index in [9.17, 15) is 0 Å². The molecule has 0 aliphatic rings. The summed E-state index contributed by atoms with van der Waals surface area (Å²) >= 11 is 2.34. The molecular weight excluding hydrogens is 423 g/mol. The molecule has 0 aromatic heterocycles. The molecule has 0 aliphatic carbocycles. The van der Waals surface area contributed by atoms with Gasteiger partial charge in [-0.05, 0) is 58.3 Å². The number of hydrogen-bond acceptors (Lipinski definition) is 1. The van der Waals surface area contributed by atoms with Gasteiger partial charge in [0.15, 0.2) is 0 Å². The van der Waals surface area contributed by atoms with Crippen LogP contribution in [0.5, 0.6) is 0 Å². The largest absolute Gasteiger partial charge is 0.402 e. The molecule has 0 spiro atoms. The van der Waals surface area contributed by atoms with E-state index < -0.39 is 8.32 Å². The highest BCUT2D eigenvalue weighted by atomic mass is 127. The molecule has 0 saturated carbocycles. The Morgan fingerprint density at radius 2 is 1.83 bits per heavy atom. The van der Waals surface area contributed by atoms with Crippen molar-refractivity contribution in [2.75, 3.05) is 0 Å². The Kier molecular flexibility index (Phi) is 9.33. The molecule has 0 bridgehead atoms. The molecule has 0 heterocycles. The third-order valence-corrected chi connectivity index (χ3v) is 11.1. The fraction of sp³-hybridized carbons (Fsp3) is 0.524. The van der Waals surface area contributed by atoms with Gasteiger partial charge >= 0.3 is 0 Å². The average molecular weight is 454 g/mol. The minimum absolute atomic E-state index is 0.0161. The fourth-order valence-electron chi connectivity index (χ4n) is 3.09. The predicted molar refractivity (Wildman–Crippen MR) is 117 cm³/mol. The normalized spacial score (nSPS) is 12.8. The van der Waals surface area contributed by atoms with Crippen molar-refractivity contribution in [1.29, 1.82) is 0 Å². The average Bonchev–Trinajstić information content (AvgIpc) is 2.53. The van der Waals surface area contributed by atoms with E-state index in [0.29, 0.717) is 11.1 Å². The summed E-state index contributed by atoms with van der Waals surface area (Å²) < 4.78 is 7.99. The Balaban J connectivity index is 3.11. The van der Waals surface area contributed by atoms with E-state index in [1.54, 1.807) is 0 Å². The zero-order valence-electron chi connectivity index (χ0n) is 15.7. The summed E-state index contributed by atoms with van der Waals surface area (Å²) in [6.45, 7) is 15.4. The van der Waals surface area contributed by atoms with Crippen LogP contribution in [0.2, 0.25) is 17.1 Å². The maximum atomic E-state index is 6.80. The third-order valence-electron chi connectivity index (χ3n) is 4.57. The lowest BCUT2D eigenvalue weighted by atomic mass is 10.2. The van der Waals surface area contributed by atoms with E-state index in [2.05, 4.69) is 87.8 Å². The molecular formula is C21H31IOSi. The molecule has 0 aliphatic heterocycles. The van der Waals surface area contributed by atoms with Crippen LogP contribution < -0.4 is 0 Å². The Labute approximate surface area is 163 Å². The first-order valence-corrected chi connectivity index (χ1v) is 12.3. The van der Waals surface area contributed by atoms with Gasteiger partial charge in [0, 0.05) is 9.13 Å². The van der Waals surface area contributed by atoms with Crippen molar-refractivity contribution in [2.45, 2.75) is 70.7 Å². The van der Waals surface area contributed by atoms with Crippen molar-refractivity contribution >= 4 is 30.9 Å². The van der Waals surface area contributed by atoms with Crippen LogP contribution in [0.15, 0.2) is 36.9 Å².